The molecule has 0 unspecified atom stereocenters. The first kappa shape index (κ1) is 17.4. The maximum atomic E-state index is 11.4. The minimum Gasteiger partial charge on any atom is -0.480 e. The molecule has 0 aliphatic carbocycles. The first-order valence-corrected chi connectivity index (χ1v) is 7.12. The molecule has 0 aromatic heterocycles. The zero-order valence-corrected chi connectivity index (χ0v) is 11.8. The average molecular weight is 288 g/mol. The van der Waals surface area contributed by atoms with Gasteiger partial charge in [0.25, 0.3) is 0 Å². The van der Waals surface area contributed by atoms with Gasteiger partial charge in [0.15, 0.2) is 0 Å². The van der Waals surface area contributed by atoms with Crippen LogP contribution in [-0.2, 0) is 9.53 Å². The Morgan fingerprint density at radius 1 is 1.25 bits per heavy atom. The number of carboxylic acids is 1. The Kier molecular flexibility index (Phi) is 7.46. The molecule has 1 aliphatic rings. The van der Waals surface area contributed by atoms with E-state index in [1.165, 1.54) is 0 Å². The second-order valence-electron chi connectivity index (χ2n) is 5.39. The lowest BCUT2D eigenvalue weighted by molar-refractivity contribution is -0.144. The topological polar surface area (TPSA) is 116 Å². The van der Waals surface area contributed by atoms with Crippen molar-refractivity contribution in [3.05, 3.63) is 0 Å². The highest BCUT2D eigenvalue weighted by Gasteiger charge is 2.33. The largest absolute Gasteiger partial charge is 0.480 e. The van der Waals surface area contributed by atoms with Crippen LogP contribution in [-0.4, -0.2) is 71.5 Å². The molecule has 7 nitrogen and oxygen atoms in total. The van der Waals surface area contributed by atoms with E-state index in [2.05, 4.69) is 4.90 Å². The molecule has 0 spiro atoms. The molecule has 8 heteroatoms. The first-order valence-electron chi connectivity index (χ1n) is 7.12. The molecule has 1 aliphatic heterocycles. The van der Waals surface area contributed by atoms with Crippen molar-refractivity contribution in [2.24, 2.45) is 5.73 Å². The quantitative estimate of drug-likeness (QED) is 0.322. The number of morpholine rings is 1. The lowest BCUT2D eigenvalue weighted by Crippen LogP contribution is -2.51. The third-order valence-corrected chi connectivity index (χ3v) is 3.74. The second-order valence-corrected chi connectivity index (χ2v) is 5.39. The van der Waals surface area contributed by atoms with Crippen molar-refractivity contribution in [3.8, 4) is 0 Å². The van der Waals surface area contributed by atoms with Gasteiger partial charge in [0, 0.05) is 19.6 Å². The van der Waals surface area contributed by atoms with Crippen LogP contribution in [0.25, 0.3) is 0 Å². The van der Waals surface area contributed by atoms with Crippen LogP contribution in [0.4, 0.5) is 0 Å². The van der Waals surface area contributed by atoms with Gasteiger partial charge in [-0.25, -0.2) is 0 Å². The maximum absolute atomic E-state index is 11.4. The van der Waals surface area contributed by atoms with Crippen molar-refractivity contribution < 1.29 is 24.7 Å². The number of aliphatic carboxylic acids is 1. The number of rotatable bonds is 9. The van der Waals surface area contributed by atoms with Crippen LogP contribution in [0.3, 0.4) is 0 Å². The Labute approximate surface area is 119 Å². The lowest BCUT2D eigenvalue weighted by atomic mass is 9.81. The minimum absolute atomic E-state index is 0.249. The highest BCUT2D eigenvalue weighted by molar-refractivity contribution is 6.40. The molecule has 0 bridgehead atoms. The van der Waals surface area contributed by atoms with E-state index < -0.39 is 18.6 Å². The summed E-state index contributed by atoms with van der Waals surface area (Å²) >= 11 is 0. The molecular formula is C12H25BN2O5. The van der Waals surface area contributed by atoms with E-state index in [1.54, 1.807) is 0 Å². The Balaban J connectivity index is 2.34. The van der Waals surface area contributed by atoms with Crippen LogP contribution in [0, 0.1) is 0 Å². The summed E-state index contributed by atoms with van der Waals surface area (Å²) in [7, 11) is -1.33. The third-order valence-electron chi connectivity index (χ3n) is 3.74. The molecule has 0 saturated carbocycles. The number of unbranched alkanes of at least 4 members (excludes halogenated alkanes) is 1. The van der Waals surface area contributed by atoms with E-state index in [0.29, 0.717) is 45.4 Å². The molecule has 5 N–H and O–H groups in total. The number of hydrogen-bond donors (Lipinski definition) is 4. The Morgan fingerprint density at radius 2 is 1.90 bits per heavy atom. The summed E-state index contributed by atoms with van der Waals surface area (Å²) in [5, 5.41) is 26.8. The summed E-state index contributed by atoms with van der Waals surface area (Å²) in [5.41, 5.74) is 4.76. The fourth-order valence-electron chi connectivity index (χ4n) is 2.29. The Hall–Kier alpha value is -0.665. The number of nitrogens with zero attached hydrogens (tertiary/aromatic N) is 1. The van der Waals surface area contributed by atoms with Crippen molar-refractivity contribution in [2.45, 2.75) is 37.5 Å². The molecule has 0 radical (unpaired) electrons. The van der Waals surface area contributed by atoms with Crippen LogP contribution in [0.1, 0.15) is 25.7 Å². The van der Waals surface area contributed by atoms with Crippen LogP contribution in [0.15, 0.2) is 0 Å². The predicted octanol–water partition coefficient (Wildman–Crippen LogP) is -0.866. The van der Waals surface area contributed by atoms with E-state index in [-0.39, 0.29) is 6.32 Å². The van der Waals surface area contributed by atoms with Gasteiger partial charge in [0.2, 0.25) is 0 Å². The van der Waals surface area contributed by atoms with Gasteiger partial charge in [-0.1, -0.05) is 12.8 Å². The molecule has 0 aromatic rings. The predicted molar refractivity (Wildman–Crippen MR) is 75.3 cm³/mol. The van der Waals surface area contributed by atoms with Gasteiger partial charge < -0.3 is 25.6 Å². The van der Waals surface area contributed by atoms with Crippen molar-refractivity contribution in [1.29, 1.82) is 0 Å². The molecule has 0 amide bonds. The smallest absolute Gasteiger partial charge is 0.451 e. The molecule has 20 heavy (non-hydrogen) atoms. The zero-order chi connectivity index (χ0) is 15.0. The van der Waals surface area contributed by atoms with E-state index in [1.807, 2.05) is 0 Å². The number of carboxylic acid groups (broad SMARTS) is 1. The summed E-state index contributed by atoms with van der Waals surface area (Å²) in [4.78, 5) is 13.5. The summed E-state index contributed by atoms with van der Waals surface area (Å²) in [5.74, 6) is -0.990. The number of nitrogens with two attached hydrogens (primary N) is 1. The molecule has 1 fully saturated rings. The molecule has 1 saturated heterocycles. The average Bonchev–Trinajstić information content (AvgIpc) is 2.42. The summed E-state index contributed by atoms with van der Waals surface area (Å²) in [6.45, 7) is 3.63. The van der Waals surface area contributed by atoms with Crippen LogP contribution < -0.4 is 5.73 Å². The van der Waals surface area contributed by atoms with E-state index in [9.17, 15) is 9.90 Å². The van der Waals surface area contributed by atoms with Gasteiger partial charge in [0.05, 0.1) is 13.2 Å². The normalized spacial score (nSPS) is 19.6. The van der Waals surface area contributed by atoms with Crippen molar-refractivity contribution in [1.82, 2.24) is 4.90 Å². The standard InChI is InChI=1S/C12H25BN2O5/c14-12(11(16)17,3-1-2-5-13(18)19)4-6-15-7-9-20-10-8-15/h18-19H,1-10,14H2,(H,16,17)/t12-/m1/s1. The van der Waals surface area contributed by atoms with Crippen LogP contribution in [0.2, 0.25) is 6.32 Å². The van der Waals surface area contributed by atoms with Crippen molar-refractivity contribution in [3.63, 3.8) is 0 Å². The molecule has 1 rings (SSSR count). The second kappa shape index (κ2) is 8.58. The van der Waals surface area contributed by atoms with Gasteiger partial charge in [-0.2, -0.15) is 0 Å². The van der Waals surface area contributed by atoms with Gasteiger partial charge in [-0.3, -0.25) is 9.69 Å². The van der Waals surface area contributed by atoms with E-state index in [4.69, 9.17) is 20.5 Å². The molecular weight excluding hydrogens is 263 g/mol. The van der Waals surface area contributed by atoms with Gasteiger partial charge in [-0.15, -0.1) is 0 Å². The summed E-state index contributed by atoms with van der Waals surface area (Å²) in [6, 6.07) is 0. The fourth-order valence-corrected chi connectivity index (χ4v) is 2.29. The Morgan fingerprint density at radius 3 is 2.45 bits per heavy atom. The molecule has 116 valence electrons. The summed E-state index contributed by atoms with van der Waals surface area (Å²) < 4.78 is 5.24. The van der Waals surface area contributed by atoms with E-state index in [0.717, 1.165) is 13.1 Å². The first-order chi connectivity index (χ1) is 9.44. The maximum Gasteiger partial charge on any atom is 0.451 e. The lowest BCUT2D eigenvalue weighted by Gasteiger charge is -2.31. The van der Waals surface area contributed by atoms with Crippen LogP contribution in [0.5, 0.6) is 0 Å². The number of hydrogen-bond acceptors (Lipinski definition) is 6. The molecule has 1 heterocycles. The number of carbonyl (C=O) groups is 1. The van der Waals surface area contributed by atoms with E-state index >= 15 is 0 Å². The monoisotopic (exact) mass is 288 g/mol. The third kappa shape index (κ3) is 6.19. The summed E-state index contributed by atoms with van der Waals surface area (Å²) in [6.07, 6.45) is 2.12. The fraction of sp³-hybridized carbons (Fsp3) is 0.917. The molecule has 0 aromatic carbocycles. The van der Waals surface area contributed by atoms with Crippen LogP contribution >= 0.6 is 0 Å². The molecule has 1 atom stereocenters. The van der Waals surface area contributed by atoms with Gasteiger partial charge >= 0.3 is 13.1 Å². The SMILES string of the molecule is N[C@](CCCCB(O)O)(CCN1CCOCC1)C(=O)O. The van der Waals surface area contributed by atoms with Crippen molar-refractivity contribution >= 4 is 13.1 Å². The number of ether oxygens (including phenoxy) is 1. The van der Waals surface area contributed by atoms with Gasteiger partial charge in [-0.05, 0) is 19.2 Å². The zero-order valence-electron chi connectivity index (χ0n) is 11.8. The minimum atomic E-state index is -1.33. The Bertz CT molecular complexity index is 300. The van der Waals surface area contributed by atoms with Gasteiger partial charge in [0.1, 0.15) is 5.54 Å². The highest BCUT2D eigenvalue weighted by atomic mass is 16.5. The van der Waals surface area contributed by atoms with Crippen molar-refractivity contribution in [2.75, 3.05) is 32.8 Å². The highest BCUT2D eigenvalue weighted by Crippen LogP contribution is 2.18.